The molecule has 1 heterocycles. The van der Waals surface area contributed by atoms with Crippen molar-refractivity contribution in [1.82, 2.24) is 5.32 Å². The Bertz CT molecular complexity index is 859. The Morgan fingerprint density at radius 2 is 1.92 bits per heavy atom. The first-order valence-corrected chi connectivity index (χ1v) is 8.84. The molecule has 2 atom stereocenters. The molecular formula is C21H22N2O2. The summed E-state index contributed by atoms with van der Waals surface area (Å²) in [4.78, 5) is 26.2. The molecule has 128 valence electrons. The van der Waals surface area contributed by atoms with Gasteiger partial charge in [-0.2, -0.15) is 0 Å². The maximum Gasteiger partial charge on any atom is 0.251 e. The molecule has 0 saturated heterocycles. The molecule has 1 aliphatic carbocycles. The van der Waals surface area contributed by atoms with Gasteiger partial charge in [0.05, 0.1) is 6.04 Å². The number of nitrogens with zero attached hydrogens (tertiary/aromatic N) is 1. The molecule has 4 rings (SSSR count). The summed E-state index contributed by atoms with van der Waals surface area (Å²) < 4.78 is 0. The summed E-state index contributed by atoms with van der Waals surface area (Å²) in [7, 11) is 0. The highest BCUT2D eigenvalue weighted by atomic mass is 16.2. The highest BCUT2D eigenvalue weighted by Gasteiger charge is 2.31. The molecule has 4 heteroatoms. The van der Waals surface area contributed by atoms with Crippen LogP contribution < -0.4 is 10.2 Å². The van der Waals surface area contributed by atoms with E-state index in [9.17, 15) is 9.59 Å². The van der Waals surface area contributed by atoms with Crippen LogP contribution in [0.5, 0.6) is 0 Å². The van der Waals surface area contributed by atoms with Crippen LogP contribution in [0.1, 0.15) is 46.9 Å². The minimum Gasteiger partial charge on any atom is -0.345 e. The van der Waals surface area contributed by atoms with Crippen molar-refractivity contribution in [1.29, 1.82) is 0 Å². The van der Waals surface area contributed by atoms with Crippen molar-refractivity contribution in [2.75, 3.05) is 11.4 Å². The van der Waals surface area contributed by atoms with Crippen molar-refractivity contribution in [3.05, 3.63) is 64.7 Å². The molecule has 2 amide bonds. The van der Waals surface area contributed by atoms with Gasteiger partial charge in [-0.1, -0.05) is 31.2 Å². The maximum absolute atomic E-state index is 12.8. The fourth-order valence-corrected chi connectivity index (χ4v) is 4.11. The fourth-order valence-electron chi connectivity index (χ4n) is 4.11. The van der Waals surface area contributed by atoms with E-state index in [0.717, 1.165) is 24.1 Å². The van der Waals surface area contributed by atoms with Gasteiger partial charge in [0.2, 0.25) is 5.91 Å². The van der Waals surface area contributed by atoms with Gasteiger partial charge >= 0.3 is 0 Å². The van der Waals surface area contributed by atoms with Crippen molar-refractivity contribution in [3.8, 4) is 0 Å². The van der Waals surface area contributed by atoms with E-state index in [2.05, 4.69) is 30.4 Å². The van der Waals surface area contributed by atoms with E-state index >= 15 is 0 Å². The van der Waals surface area contributed by atoms with Crippen molar-refractivity contribution < 1.29 is 9.59 Å². The van der Waals surface area contributed by atoms with Crippen LogP contribution in [0, 0.1) is 5.92 Å². The van der Waals surface area contributed by atoms with Gasteiger partial charge in [0, 0.05) is 24.7 Å². The number of anilines is 1. The second kappa shape index (κ2) is 6.03. The van der Waals surface area contributed by atoms with E-state index < -0.39 is 0 Å². The van der Waals surface area contributed by atoms with E-state index in [-0.39, 0.29) is 17.9 Å². The van der Waals surface area contributed by atoms with E-state index in [1.54, 1.807) is 11.8 Å². The third-order valence-corrected chi connectivity index (χ3v) is 5.41. The SMILES string of the molecule is CC(=O)N1CCc2cc(C(=O)N[C@@H]3c4ccccc4C[C@@H]3C)ccc21. The minimum absolute atomic E-state index is 0.0439. The maximum atomic E-state index is 12.8. The van der Waals surface area contributed by atoms with Crippen LogP contribution in [-0.2, 0) is 17.6 Å². The number of amides is 2. The molecule has 0 fully saturated rings. The zero-order valence-corrected chi connectivity index (χ0v) is 14.6. The van der Waals surface area contributed by atoms with Gasteiger partial charge < -0.3 is 10.2 Å². The first-order chi connectivity index (χ1) is 12.0. The predicted molar refractivity (Wildman–Crippen MR) is 97.7 cm³/mol. The molecule has 4 nitrogen and oxygen atoms in total. The normalized spacial score (nSPS) is 21.0. The first kappa shape index (κ1) is 15.9. The number of carbonyl (C=O) groups excluding carboxylic acids is 2. The first-order valence-electron chi connectivity index (χ1n) is 8.84. The standard InChI is InChI=1S/C21H22N2O2/c1-13-11-15-5-3-4-6-18(15)20(13)22-21(25)17-7-8-19-16(12-17)9-10-23(19)14(2)24/h3-8,12-13,20H,9-11H2,1-2H3,(H,22,25)/t13-,20-/m0/s1. The summed E-state index contributed by atoms with van der Waals surface area (Å²) in [5, 5.41) is 3.21. The summed E-state index contributed by atoms with van der Waals surface area (Å²) in [6.45, 7) is 4.45. The minimum atomic E-state index is -0.0439. The number of fused-ring (bicyclic) bond motifs is 2. The van der Waals surface area contributed by atoms with Crippen LogP contribution in [0.2, 0.25) is 0 Å². The lowest BCUT2D eigenvalue weighted by molar-refractivity contribution is -0.116. The molecule has 0 spiro atoms. The Labute approximate surface area is 147 Å². The van der Waals surface area contributed by atoms with Crippen molar-refractivity contribution in [2.45, 2.75) is 32.7 Å². The molecule has 2 aliphatic rings. The molecule has 25 heavy (non-hydrogen) atoms. The molecule has 1 N–H and O–H groups in total. The summed E-state index contributed by atoms with van der Waals surface area (Å²) in [5.41, 5.74) is 5.23. The van der Waals surface area contributed by atoms with Gasteiger partial charge in [-0.3, -0.25) is 9.59 Å². The average Bonchev–Trinajstić information content (AvgIpc) is 3.16. The second-order valence-electron chi connectivity index (χ2n) is 7.10. The Kier molecular flexibility index (Phi) is 3.83. The number of rotatable bonds is 2. The third-order valence-electron chi connectivity index (χ3n) is 5.41. The van der Waals surface area contributed by atoms with Crippen molar-refractivity contribution in [2.24, 2.45) is 5.92 Å². The van der Waals surface area contributed by atoms with Crippen molar-refractivity contribution in [3.63, 3.8) is 0 Å². The number of carbonyl (C=O) groups is 2. The average molecular weight is 334 g/mol. The van der Waals surface area contributed by atoms with Gasteiger partial charge in [0.25, 0.3) is 5.91 Å². The zero-order chi connectivity index (χ0) is 17.6. The monoisotopic (exact) mass is 334 g/mol. The van der Waals surface area contributed by atoms with Gasteiger partial charge in [0.15, 0.2) is 0 Å². The van der Waals surface area contributed by atoms with Crippen LogP contribution in [0.4, 0.5) is 5.69 Å². The highest BCUT2D eigenvalue weighted by Crippen LogP contribution is 2.36. The summed E-state index contributed by atoms with van der Waals surface area (Å²) >= 11 is 0. The molecule has 0 radical (unpaired) electrons. The fraction of sp³-hybridized carbons (Fsp3) is 0.333. The molecule has 2 aromatic carbocycles. The van der Waals surface area contributed by atoms with Gasteiger partial charge in [-0.05, 0) is 53.6 Å². The predicted octanol–water partition coefficient (Wildman–Crippen LogP) is 3.26. The van der Waals surface area contributed by atoms with Crippen LogP contribution in [0.25, 0.3) is 0 Å². The number of nitrogens with one attached hydrogen (secondary N) is 1. The highest BCUT2D eigenvalue weighted by molar-refractivity contribution is 5.98. The largest absolute Gasteiger partial charge is 0.345 e. The Morgan fingerprint density at radius 3 is 2.72 bits per heavy atom. The molecule has 0 aromatic heterocycles. The molecular weight excluding hydrogens is 312 g/mol. The quantitative estimate of drug-likeness (QED) is 0.916. The molecule has 1 aliphatic heterocycles. The lowest BCUT2D eigenvalue weighted by atomic mass is 10.0. The van der Waals surface area contributed by atoms with E-state index in [4.69, 9.17) is 0 Å². The van der Waals surface area contributed by atoms with E-state index in [1.165, 1.54) is 11.1 Å². The Morgan fingerprint density at radius 1 is 1.12 bits per heavy atom. The smallest absolute Gasteiger partial charge is 0.251 e. The molecule has 2 aromatic rings. The summed E-state index contributed by atoms with van der Waals surface area (Å²) in [6, 6.07) is 14.0. The lowest BCUT2D eigenvalue weighted by Crippen LogP contribution is -2.30. The molecule has 0 saturated carbocycles. The molecule has 0 unspecified atom stereocenters. The van der Waals surface area contributed by atoms with Crippen LogP contribution >= 0.6 is 0 Å². The van der Waals surface area contributed by atoms with Crippen LogP contribution in [-0.4, -0.2) is 18.4 Å². The van der Waals surface area contributed by atoms with Gasteiger partial charge in [-0.25, -0.2) is 0 Å². The van der Waals surface area contributed by atoms with Crippen LogP contribution in [0.3, 0.4) is 0 Å². The second-order valence-corrected chi connectivity index (χ2v) is 7.10. The number of hydrogen-bond donors (Lipinski definition) is 1. The van der Waals surface area contributed by atoms with Gasteiger partial charge in [-0.15, -0.1) is 0 Å². The lowest BCUT2D eigenvalue weighted by Gasteiger charge is -2.19. The van der Waals surface area contributed by atoms with E-state index in [0.29, 0.717) is 18.0 Å². The Balaban J connectivity index is 1.56. The van der Waals surface area contributed by atoms with Crippen LogP contribution in [0.15, 0.2) is 42.5 Å². The molecule has 0 bridgehead atoms. The Hall–Kier alpha value is -2.62. The summed E-state index contributed by atoms with van der Waals surface area (Å²) in [5.74, 6) is 0.397. The van der Waals surface area contributed by atoms with E-state index in [1.807, 2.05) is 24.3 Å². The van der Waals surface area contributed by atoms with Crippen molar-refractivity contribution >= 4 is 17.5 Å². The number of hydrogen-bond acceptors (Lipinski definition) is 2. The summed E-state index contributed by atoms with van der Waals surface area (Å²) in [6.07, 6.45) is 1.80. The van der Waals surface area contributed by atoms with Gasteiger partial charge in [0.1, 0.15) is 0 Å². The third kappa shape index (κ3) is 2.72. The number of benzene rings is 2. The zero-order valence-electron chi connectivity index (χ0n) is 14.6. The topological polar surface area (TPSA) is 49.4 Å².